The van der Waals surface area contributed by atoms with Gasteiger partial charge in [-0.05, 0) is 24.3 Å². The summed E-state index contributed by atoms with van der Waals surface area (Å²) in [7, 11) is 0. The van der Waals surface area contributed by atoms with Crippen LogP contribution < -0.4 is 9.64 Å². The SMILES string of the molecule is Oc1cccc(N2CCN(CC(O)COc3ccccc3)CC2)c1. The van der Waals surface area contributed by atoms with Crippen LogP contribution in [0.3, 0.4) is 0 Å². The fourth-order valence-electron chi connectivity index (χ4n) is 2.94. The standard InChI is InChI=1S/C19H24N2O3/c22-17-6-4-5-16(13-17)21-11-9-20(10-12-21)14-18(23)15-24-19-7-2-1-3-8-19/h1-8,13,18,22-23H,9-12,14-15H2. The molecule has 1 heterocycles. The number of benzene rings is 2. The van der Waals surface area contributed by atoms with Gasteiger partial charge in [0.25, 0.3) is 0 Å². The predicted molar refractivity (Wildman–Crippen MR) is 94.7 cm³/mol. The van der Waals surface area contributed by atoms with Crippen LogP contribution in [-0.4, -0.2) is 60.5 Å². The molecular weight excluding hydrogens is 304 g/mol. The van der Waals surface area contributed by atoms with Crippen LogP contribution in [0.5, 0.6) is 11.5 Å². The first-order chi connectivity index (χ1) is 11.7. The number of aliphatic hydroxyl groups is 1. The number of β-amino-alcohol motifs (C(OH)–C–C–N with tert-alkyl or cyclic N) is 1. The average molecular weight is 328 g/mol. The summed E-state index contributed by atoms with van der Waals surface area (Å²) in [6, 6.07) is 16.9. The van der Waals surface area contributed by atoms with E-state index in [1.807, 2.05) is 42.5 Å². The van der Waals surface area contributed by atoms with Gasteiger partial charge in [0.2, 0.25) is 0 Å². The maximum Gasteiger partial charge on any atom is 0.119 e. The minimum atomic E-state index is -0.502. The van der Waals surface area contributed by atoms with Crippen LogP contribution in [-0.2, 0) is 0 Å². The Balaban J connectivity index is 1.42. The molecule has 3 rings (SSSR count). The van der Waals surface area contributed by atoms with Gasteiger partial charge in [-0.2, -0.15) is 0 Å². The second-order valence-corrected chi connectivity index (χ2v) is 6.09. The topological polar surface area (TPSA) is 56.2 Å². The highest BCUT2D eigenvalue weighted by molar-refractivity contribution is 5.50. The van der Waals surface area contributed by atoms with Crippen LogP contribution in [0.15, 0.2) is 54.6 Å². The van der Waals surface area contributed by atoms with Crippen molar-refractivity contribution in [3.8, 4) is 11.5 Å². The second kappa shape index (κ2) is 8.04. The molecule has 1 aliphatic heterocycles. The Bertz CT molecular complexity index is 628. The smallest absolute Gasteiger partial charge is 0.119 e. The van der Waals surface area contributed by atoms with Crippen LogP contribution in [0.1, 0.15) is 0 Å². The molecular formula is C19H24N2O3. The van der Waals surface area contributed by atoms with Crippen molar-refractivity contribution in [1.29, 1.82) is 0 Å². The largest absolute Gasteiger partial charge is 0.508 e. The van der Waals surface area contributed by atoms with E-state index in [2.05, 4.69) is 9.80 Å². The summed E-state index contributed by atoms with van der Waals surface area (Å²) in [5.74, 6) is 1.08. The molecule has 0 spiro atoms. The van der Waals surface area contributed by atoms with Crippen molar-refractivity contribution in [1.82, 2.24) is 4.90 Å². The zero-order valence-corrected chi connectivity index (χ0v) is 13.7. The number of phenolic OH excluding ortho intramolecular Hbond substituents is 1. The minimum Gasteiger partial charge on any atom is -0.508 e. The summed E-state index contributed by atoms with van der Waals surface area (Å²) in [4.78, 5) is 4.50. The predicted octanol–water partition coefficient (Wildman–Crippen LogP) is 1.95. The Kier molecular flexibility index (Phi) is 5.56. The molecule has 2 aromatic carbocycles. The zero-order chi connectivity index (χ0) is 16.8. The normalized spacial score (nSPS) is 16.8. The van der Waals surface area contributed by atoms with Gasteiger partial charge in [0, 0.05) is 44.5 Å². The maximum atomic E-state index is 10.2. The lowest BCUT2D eigenvalue weighted by atomic mass is 10.2. The Morgan fingerprint density at radius 2 is 1.71 bits per heavy atom. The van der Waals surface area contributed by atoms with E-state index in [1.54, 1.807) is 12.1 Å². The number of hydrogen-bond acceptors (Lipinski definition) is 5. The first kappa shape index (κ1) is 16.6. The lowest BCUT2D eigenvalue weighted by Gasteiger charge is -2.36. The summed E-state index contributed by atoms with van der Waals surface area (Å²) in [5.41, 5.74) is 1.04. The van der Waals surface area contributed by atoms with Gasteiger partial charge < -0.3 is 19.8 Å². The third-order valence-electron chi connectivity index (χ3n) is 4.22. The Hall–Kier alpha value is -2.24. The molecule has 1 saturated heterocycles. The van der Waals surface area contributed by atoms with Gasteiger partial charge in [0.1, 0.15) is 24.2 Å². The number of aliphatic hydroxyl groups excluding tert-OH is 1. The molecule has 0 aliphatic carbocycles. The lowest BCUT2D eigenvalue weighted by Crippen LogP contribution is -2.49. The molecule has 5 nitrogen and oxygen atoms in total. The molecule has 0 aromatic heterocycles. The number of hydrogen-bond donors (Lipinski definition) is 2. The van der Waals surface area contributed by atoms with Crippen molar-refractivity contribution in [3.05, 3.63) is 54.6 Å². The monoisotopic (exact) mass is 328 g/mol. The molecule has 1 unspecified atom stereocenters. The van der Waals surface area contributed by atoms with Crippen LogP contribution in [0.25, 0.3) is 0 Å². The van der Waals surface area contributed by atoms with E-state index in [0.29, 0.717) is 18.9 Å². The summed E-state index contributed by atoms with van der Waals surface area (Å²) in [5, 5.41) is 19.8. The summed E-state index contributed by atoms with van der Waals surface area (Å²) >= 11 is 0. The first-order valence-electron chi connectivity index (χ1n) is 8.33. The molecule has 2 aromatic rings. The number of nitrogens with zero attached hydrogens (tertiary/aromatic N) is 2. The van der Waals surface area contributed by atoms with E-state index in [4.69, 9.17) is 4.74 Å². The van der Waals surface area contributed by atoms with Crippen molar-refractivity contribution in [3.63, 3.8) is 0 Å². The Labute approximate surface area is 142 Å². The molecule has 5 heteroatoms. The summed E-state index contributed by atoms with van der Waals surface area (Å²) in [6.07, 6.45) is -0.502. The number of piperazine rings is 1. The van der Waals surface area contributed by atoms with Gasteiger partial charge >= 0.3 is 0 Å². The molecule has 128 valence electrons. The second-order valence-electron chi connectivity index (χ2n) is 6.09. The third kappa shape index (κ3) is 4.63. The van der Waals surface area contributed by atoms with Gasteiger partial charge in [0.05, 0.1) is 0 Å². The molecule has 0 radical (unpaired) electrons. The highest BCUT2D eigenvalue weighted by atomic mass is 16.5. The van der Waals surface area contributed by atoms with Crippen LogP contribution in [0.2, 0.25) is 0 Å². The van der Waals surface area contributed by atoms with Gasteiger partial charge in [0.15, 0.2) is 0 Å². The molecule has 2 N–H and O–H groups in total. The highest BCUT2D eigenvalue weighted by Crippen LogP contribution is 2.21. The molecule has 1 aliphatic rings. The van der Waals surface area contributed by atoms with E-state index in [0.717, 1.165) is 37.6 Å². The zero-order valence-electron chi connectivity index (χ0n) is 13.7. The van der Waals surface area contributed by atoms with Gasteiger partial charge in [-0.25, -0.2) is 0 Å². The highest BCUT2D eigenvalue weighted by Gasteiger charge is 2.20. The Morgan fingerprint density at radius 3 is 2.42 bits per heavy atom. The third-order valence-corrected chi connectivity index (χ3v) is 4.22. The van der Waals surface area contributed by atoms with Crippen molar-refractivity contribution in [2.24, 2.45) is 0 Å². The van der Waals surface area contributed by atoms with Gasteiger partial charge in [-0.3, -0.25) is 4.90 Å². The van der Waals surface area contributed by atoms with Crippen molar-refractivity contribution < 1.29 is 14.9 Å². The van der Waals surface area contributed by atoms with E-state index in [-0.39, 0.29) is 0 Å². The number of anilines is 1. The average Bonchev–Trinajstić information content (AvgIpc) is 2.61. The molecule has 0 bridgehead atoms. The van der Waals surface area contributed by atoms with E-state index < -0.39 is 6.10 Å². The van der Waals surface area contributed by atoms with Crippen molar-refractivity contribution in [2.45, 2.75) is 6.10 Å². The Morgan fingerprint density at radius 1 is 0.958 bits per heavy atom. The van der Waals surface area contributed by atoms with E-state index >= 15 is 0 Å². The van der Waals surface area contributed by atoms with Crippen LogP contribution in [0, 0.1) is 0 Å². The molecule has 1 atom stereocenters. The lowest BCUT2D eigenvalue weighted by molar-refractivity contribution is 0.0663. The van der Waals surface area contributed by atoms with Gasteiger partial charge in [-0.1, -0.05) is 24.3 Å². The molecule has 0 amide bonds. The number of aromatic hydroxyl groups is 1. The van der Waals surface area contributed by atoms with Crippen molar-refractivity contribution >= 4 is 5.69 Å². The summed E-state index contributed by atoms with van der Waals surface area (Å²) < 4.78 is 5.60. The molecule has 1 fully saturated rings. The van der Waals surface area contributed by atoms with Gasteiger partial charge in [-0.15, -0.1) is 0 Å². The fourth-order valence-corrected chi connectivity index (χ4v) is 2.94. The quantitative estimate of drug-likeness (QED) is 0.849. The number of phenols is 1. The number of rotatable bonds is 6. The number of para-hydroxylation sites is 1. The van der Waals surface area contributed by atoms with Crippen molar-refractivity contribution in [2.75, 3.05) is 44.2 Å². The molecule has 0 saturated carbocycles. The summed E-state index contributed by atoms with van der Waals surface area (Å²) in [6.45, 7) is 4.46. The minimum absolute atomic E-state index is 0.295. The van der Waals surface area contributed by atoms with Crippen LogP contribution in [0.4, 0.5) is 5.69 Å². The van der Waals surface area contributed by atoms with Crippen LogP contribution >= 0.6 is 0 Å². The number of ether oxygens (including phenoxy) is 1. The first-order valence-corrected chi connectivity index (χ1v) is 8.33. The fraction of sp³-hybridized carbons (Fsp3) is 0.368. The van der Waals surface area contributed by atoms with E-state index in [1.165, 1.54) is 0 Å². The van der Waals surface area contributed by atoms with E-state index in [9.17, 15) is 10.2 Å². The maximum absolute atomic E-state index is 10.2. The molecule has 24 heavy (non-hydrogen) atoms.